The highest BCUT2D eigenvalue weighted by molar-refractivity contribution is 4.76. The largest absolute Gasteiger partial charge is 0.378 e. The molecule has 2 N–H and O–H groups in total. The molecule has 1 aliphatic heterocycles. The van der Waals surface area contributed by atoms with Crippen LogP contribution in [0.3, 0.4) is 0 Å². The third-order valence-electron chi connectivity index (χ3n) is 2.34. The van der Waals surface area contributed by atoms with Crippen LogP contribution in [0.2, 0.25) is 0 Å². The molecule has 2 atom stereocenters. The first kappa shape index (κ1) is 9.96. The summed E-state index contributed by atoms with van der Waals surface area (Å²) in [6.07, 6.45) is 1.16. The number of rotatable bonds is 3. The van der Waals surface area contributed by atoms with Gasteiger partial charge < -0.3 is 10.5 Å². The lowest BCUT2D eigenvalue weighted by Gasteiger charge is -2.35. The van der Waals surface area contributed by atoms with E-state index in [0.29, 0.717) is 6.04 Å². The van der Waals surface area contributed by atoms with Gasteiger partial charge in [0.25, 0.3) is 0 Å². The lowest BCUT2D eigenvalue weighted by molar-refractivity contribution is -0.0102. The van der Waals surface area contributed by atoms with Crippen LogP contribution in [-0.2, 0) is 4.74 Å². The number of ether oxygens (including phenoxy) is 1. The average Bonchev–Trinajstić information content (AvgIpc) is 2.04. The maximum absolute atomic E-state index is 5.76. The van der Waals surface area contributed by atoms with Crippen LogP contribution in [0.4, 0.5) is 0 Å². The maximum Gasteiger partial charge on any atom is 0.0622 e. The van der Waals surface area contributed by atoms with Crippen LogP contribution in [0.1, 0.15) is 20.3 Å². The molecule has 1 saturated heterocycles. The fraction of sp³-hybridized carbons (Fsp3) is 1.00. The van der Waals surface area contributed by atoms with E-state index in [9.17, 15) is 0 Å². The van der Waals surface area contributed by atoms with E-state index >= 15 is 0 Å². The molecule has 72 valence electrons. The second kappa shape index (κ2) is 4.80. The Bertz CT molecular complexity index is 128. The van der Waals surface area contributed by atoms with Crippen LogP contribution < -0.4 is 5.73 Å². The molecular weight excluding hydrogens is 152 g/mol. The van der Waals surface area contributed by atoms with Crippen LogP contribution >= 0.6 is 0 Å². The van der Waals surface area contributed by atoms with Gasteiger partial charge >= 0.3 is 0 Å². The fourth-order valence-corrected chi connectivity index (χ4v) is 1.68. The van der Waals surface area contributed by atoms with Crippen LogP contribution in [0.25, 0.3) is 0 Å². The van der Waals surface area contributed by atoms with Gasteiger partial charge in [0, 0.05) is 25.2 Å². The number of hydrogen-bond acceptors (Lipinski definition) is 3. The molecule has 0 aromatic rings. The number of nitrogens with zero attached hydrogens (tertiary/aromatic N) is 1. The van der Waals surface area contributed by atoms with Crippen molar-refractivity contribution in [1.29, 1.82) is 0 Å². The van der Waals surface area contributed by atoms with Crippen molar-refractivity contribution in [2.45, 2.75) is 32.4 Å². The molecule has 1 heterocycles. The zero-order valence-electron chi connectivity index (χ0n) is 8.12. The van der Waals surface area contributed by atoms with Gasteiger partial charge in [0.2, 0.25) is 0 Å². The first-order valence-electron chi connectivity index (χ1n) is 4.81. The van der Waals surface area contributed by atoms with E-state index in [1.807, 2.05) is 0 Å². The van der Waals surface area contributed by atoms with Crippen LogP contribution in [0.5, 0.6) is 0 Å². The molecule has 0 aliphatic carbocycles. The second-order valence-electron chi connectivity index (χ2n) is 3.61. The van der Waals surface area contributed by atoms with Gasteiger partial charge in [-0.2, -0.15) is 0 Å². The van der Waals surface area contributed by atoms with Crippen molar-refractivity contribution < 1.29 is 4.74 Å². The second-order valence-corrected chi connectivity index (χ2v) is 3.61. The minimum absolute atomic E-state index is 0.275. The molecular formula is C9H20N2O. The predicted octanol–water partition coefficient (Wildman–Crippen LogP) is 0.444. The monoisotopic (exact) mass is 172 g/mol. The summed E-state index contributed by atoms with van der Waals surface area (Å²) < 4.78 is 5.40. The van der Waals surface area contributed by atoms with Crippen LogP contribution in [0.15, 0.2) is 0 Å². The third-order valence-corrected chi connectivity index (χ3v) is 2.34. The van der Waals surface area contributed by atoms with Gasteiger partial charge in [-0.1, -0.05) is 6.92 Å². The van der Waals surface area contributed by atoms with Gasteiger partial charge in [-0.25, -0.2) is 0 Å². The summed E-state index contributed by atoms with van der Waals surface area (Å²) in [4.78, 5) is 2.44. The Hall–Kier alpha value is -0.120. The molecule has 0 saturated carbocycles. The smallest absolute Gasteiger partial charge is 0.0622 e. The Kier molecular flexibility index (Phi) is 3.98. The molecule has 3 heteroatoms. The van der Waals surface area contributed by atoms with Crippen molar-refractivity contribution in [3.8, 4) is 0 Å². The van der Waals surface area contributed by atoms with E-state index in [1.54, 1.807) is 0 Å². The summed E-state index contributed by atoms with van der Waals surface area (Å²) in [6, 6.07) is 0.863. The molecule has 1 unspecified atom stereocenters. The summed E-state index contributed by atoms with van der Waals surface area (Å²) in [5.41, 5.74) is 5.76. The van der Waals surface area contributed by atoms with Crippen LogP contribution in [-0.4, -0.2) is 43.3 Å². The summed E-state index contributed by atoms with van der Waals surface area (Å²) in [6.45, 7) is 8.05. The molecule has 1 aliphatic rings. The zero-order chi connectivity index (χ0) is 8.97. The Labute approximate surface area is 74.9 Å². The molecule has 0 aromatic heterocycles. The average molecular weight is 172 g/mol. The van der Waals surface area contributed by atoms with E-state index in [1.165, 1.54) is 0 Å². The number of morpholine rings is 1. The molecule has 12 heavy (non-hydrogen) atoms. The highest BCUT2D eigenvalue weighted by atomic mass is 16.5. The molecule has 0 spiro atoms. The number of nitrogens with two attached hydrogens (primary N) is 1. The molecule has 3 nitrogen and oxygen atoms in total. The first-order valence-corrected chi connectivity index (χ1v) is 4.81. The van der Waals surface area contributed by atoms with Crippen LogP contribution in [0, 0.1) is 0 Å². The van der Waals surface area contributed by atoms with Gasteiger partial charge in [-0.15, -0.1) is 0 Å². The van der Waals surface area contributed by atoms with Crippen molar-refractivity contribution in [2.75, 3.05) is 26.3 Å². The fourth-order valence-electron chi connectivity index (χ4n) is 1.68. The Morgan fingerprint density at radius 3 is 3.00 bits per heavy atom. The lowest BCUT2D eigenvalue weighted by Crippen LogP contribution is -2.49. The standard InChI is InChI=1S/C9H20N2O/c1-3-9-7-12-5-4-11(9)6-8(2)10/h8-9H,3-7,10H2,1-2H3/t8-,9?/m0/s1. The highest BCUT2D eigenvalue weighted by Gasteiger charge is 2.21. The van der Waals surface area contributed by atoms with Gasteiger partial charge in [0.15, 0.2) is 0 Å². The predicted molar refractivity (Wildman–Crippen MR) is 50.1 cm³/mol. The molecule has 1 rings (SSSR count). The van der Waals surface area contributed by atoms with Gasteiger partial charge in [-0.05, 0) is 13.3 Å². The third kappa shape index (κ3) is 2.73. The summed E-state index contributed by atoms with van der Waals surface area (Å²) in [5.74, 6) is 0. The molecule has 1 fully saturated rings. The topological polar surface area (TPSA) is 38.5 Å². The van der Waals surface area contributed by atoms with Crippen molar-refractivity contribution in [3.05, 3.63) is 0 Å². The SMILES string of the molecule is CCC1COCCN1C[C@H](C)N. The highest BCUT2D eigenvalue weighted by Crippen LogP contribution is 2.09. The minimum Gasteiger partial charge on any atom is -0.378 e. The summed E-state index contributed by atoms with van der Waals surface area (Å²) in [5, 5.41) is 0. The van der Waals surface area contributed by atoms with Crippen molar-refractivity contribution in [2.24, 2.45) is 5.73 Å². The van der Waals surface area contributed by atoms with Gasteiger partial charge in [-0.3, -0.25) is 4.90 Å². The molecule has 0 radical (unpaired) electrons. The van der Waals surface area contributed by atoms with E-state index in [4.69, 9.17) is 10.5 Å². The Morgan fingerprint density at radius 2 is 2.42 bits per heavy atom. The van der Waals surface area contributed by atoms with E-state index in [0.717, 1.165) is 32.7 Å². The summed E-state index contributed by atoms with van der Waals surface area (Å²) >= 11 is 0. The van der Waals surface area contributed by atoms with Crippen molar-refractivity contribution >= 4 is 0 Å². The zero-order valence-corrected chi connectivity index (χ0v) is 8.12. The number of hydrogen-bond donors (Lipinski definition) is 1. The van der Waals surface area contributed by atoms with E-state index in [-0.39, 0.29) is 6.04 Å². The van der Waals surface area contributed by atoms with Gasteiger partial charge in [0.05, 0.1) is 13.2 Å². The molecule has 0 amide bonds. The molecule has 0 bridgehead atoms. The van der Waals surface area contributed by atoms with E-state index in [2.05, 4.69) is 18.7 Å². The Morgan fingerprint density at radius 1 is 1.67 bits per heavy atom. The maximum atomic E-state index is 5.76. The van der Waals surface area contributed by atoms with Crippen molar-refractivity contribution in [1.82, 2.24) is 4.90 Å². The molecule has 0 aromatic carbocycles. The quantitative estimate of drug-likeness (QED) is 0.671. The van der Waals surface area contributed by atoms with Gasteiger partial charge in [0.1, 0.15) is 0 Å². The van der Waals surface area contributed by atoms with E-state index < -0.39 is 0 Å². The summed E-state index contributed by atoms with van der Waals surface area (Å²) in [7, 11) is 0. The lowest BCUT2D eigenvalue weighted by atomic mass is 10.1. The first-order chi connectivity index (χ1) is 5.74. The minimum atomic E-state index is 0.275. The Balaban J connectivity index is 2.36. The normalized spacial score (nSPS) is 28.8. The van der Waals surface area contributed by atoms with Crippen molar-refractivity contribution in [3.63, 3.8) is 0 Å².